The van der Waals surface area contributed by atoms with E-state index in [2.05, 4.69) is 4.98 Å². The highest BCUT2D eigenvalue weighted by Crippen LogP contribution is 2.45. The van der Waals surface area contributed by atoms with Gasteiger partial charge in [0.25, 0.3) is 0 Å². The Labute approximate surface area is 196 Å². The summed E-state index contributed by atoms with van der Waals surface area (Å²) in [6.45, 7) is 1.37. The molecule has 3 aromatic rings. The summed E-state index contributed by atoms with van der Waals surface area (Å²) < 4.78 is 162. The molecule has 1 heterocycles. The zero-order chi connectivity index (χ0) is 27.3. The van der Waals surface area contributed by atoms with Gasteiger partial charge in [-0.05, 0) is 53.9 Å². The topological polar surface area (TPSA) is 12.9 Å². The standard InChI is InChI=1S/C22H12F12NP/c1-11-3-2-4-18(35-11)36(16-7-5-12(19(23,24)25)9-14(16)21(29,30)31)17-8-6-13(20(26,27)28)10-15(17)22(32,33)34/h2-10H,1H3. The fourth-order valence-corrected chi connectivity index (χ4v) is 5.86. The van der Waals surface area contributed by atoms with Gasteiger partial charge in [-0.1, -0.05) is 18.2 Å². The molecule has 0 bridgehead atoms. The van der Waals surface area contributed by atoms with Gasteiger partial charge in [0.05, 0.1) is 27.7 Å². The number of aromatic nitrogens is 1. The molecular weight excluding hydrogens is 537 g/mol. The van der Waals surface area contributed by atoms with Crippen LogP contribution in [0.1, 0.15) is 27.9 Å². The van der Waals surface area contributed by atoms with Crippen LogP contribution in [0.2, 0.25) is 0 Å². The van der Waals surface area contributed by atoms with Crippen LogP contribution in [0.15, 0.2) is 54.6 Å². The van der Waals surface area contributed by atoms with Crippen molar-refractivity contribution < 1.29 is 52.7 Å². The number of halogens is 12. The minimum absolute atomic E-state index is 0.154. The summed E-state index contributed by atoms with van der Waals surface area (Å²) in [5.74, 6) is 0. The smallest absolute Gasteiger partial charge is 0.253 e. The second-order valence-electron chi connectivity index (χ2n) is 7.43. The number of rotatable bonds is 3. The number of hydrogen-bond donors (Lipinski definition) is 0. The van der Waals surface area contributed by atoms with E-state index in [1.807, 2.05) is 0 Å². The van der Waals surface area contributed by atoms with Crippen molar-refractivity contribution in [3.05, 3.63) is 82.5 Å². The van der Waals surface area contributed by atoms with Crippen molar-refractivity contribution in [2.24, 2.45) is 0 Å². The largest absolute Gasteiger partial charge is 0.417 e. The Bertz CT molecular complexity index is 1180. The third-order valence-corrected chi connectivity index (χ3v) is 7.29. The minimum atomic E-state index is -5.44. The molecule has 0 aliphatic rings. The first-order valence-corrected chi connectivity index (χ1v) is 10.9. The van der Waals surface area contributed by atoms with Gasteiger partial charge in [-0.25, -0.2) is 0 Å². The van der Waals surface area contributed by atoms with E-state index in [0.29, 0.717) is 12.1 Å². The van der Waals surface area contributed by atoms with Crippen molar-refractivity contribution in [3.8, 4) is 0 Å². The maximum atomic E-state index is 13.9. The van der Waals surface area contributed by atoms with Crippen LogP contribution >= 0.6 is 7.92 Å². The van der Waals surface area contributed by atoms with Crippen LogP contribution in [0.4, 0.5) is 52.7 Å². The van der Waals surface area contributed by atoms with Crippen LogP contribution in [-0.2, 0) is 24.7 Å². The molecule has 36 heavy (non-hydrogen) atoms. The highest BCUT2D eigenvalue weighted by Gasteiger charge is 2.44. The van der Waals surface area contributed by atoms with Gasteiger partial charge < -0.3 is 0 Å². The Morgan fingerprint density at radius 1 is 0.556 bits per heavy atom. The van der Waals surface area contributed by atoms with E-state index in [1.165, 1.54) is 19.1 Å². The molecule has 1 nitrogen and oxygen atoms in total. The predicted molar refractivity (Wildman–Crippen MR) is 108 cm³/mol. The normalized spacial score (nSPS) is 13.4. The van der Waals surface area contributed by atoms with Crippen molar-refractivity contribution in [1.29, 1.82) is 0 Å². The molecule has 0 unspecified atom stereocenters. The summed E-state index contributed by atoms with van der Waals surface area (Å²) in [5, 5.41) is -1.96. The van der Waals surface area contributed by atoms with Crippen LogP contribution in [-0.4, -0.2) is 4.98 Å². The van der Waals surface area contributed by atoms with E-state index in [0.717, 1.165) is 6.07 Å². The summed E-state index contributed by atoms with van der Waals surface area (Å²) >= 11 is 0. The third-order valence-electron chi connectivity index (χ3n) is 4.84. The molecule has 0 spiro atoms. The van der Waals surface area contributed by atoms with Crippen LogP contribution in [0, 0.1) is 6.92 Å². The van der Waals surface area contributed by atoms with Crippen molar-refractivity contribution in [3.63, 3.8) is 0 Å². The van der Waals surface area contributed by atoms with Crippen LogP contribution in [0.3, 0.4) is 0 Å². The van der Waals surface area contributed by atoms with Gasteiger partial charge in [-0.3, -0.25) is 4.98 Å². The number of hydrogen-bond acceptors (Lipinski definition) is 1. The molecule has 3 rings (SSSR count). The van der Waals surface area contributed by atoms with E-state index in [4.69, 9.17) is 0 Å². The third kappa shape index (κ3) is 5.93. The van der Waals surface area contributed by atoms with E-state index in [-0.39, 0.29) is 35.4 Å². The Balaban J connectivity index is 2.44. The Kier molecular flexibility index (Phi) is 7.13. The lowest BCUT2D eigenvalue weighted by Crippen LogP contribution is -2.32. The second kappa shape index (κ2) is 9.24. The SMILES string of the molecule is Cc1cccc(P(c2ccc(C(F)(F)F)cc2C(F)(F)F)c2ccc(C(F)(F)F)cc2C(F)(F)F)n1. The zero-order valence-electron chi connectivity index (χ0n) is 17.6. The molecule has 0 fully saturated rings. The van der Waals surface area contributed by atoms with Gasteiger partial charge in [-0.15, -0.1) is 0 Å². The zero-order valence-corrected chi connectivity index (χ0v) is 18.5. The van der Waals surface area contributed by atoms with Crippen molar-refractivity contribution >= 4 is 24.0 Å². The molecule has 14 heteroatoms. The van der Waals surface area contributed by atoms with Crippen LogP contribution in [0.25, 0.3) is 0 Å². The number of benzene rings is 2. The average Bonchev–Trinajstić information content (AvgIpc) is 2.71. The summed E-state index contributed by atoms with van der Waals surface area (Å²) in [7, 11) is -3.01. The molecule has 0 saturated heterocycles. The lowest BCUT2D eigenvalue weighted by Gasteiger charge is -2.26. The molecule has 0 atom stereocenters. The van der Waals surface area contributed by atoms with Crippen LogP contribution in [0.5, 0.6) is 0 Å². The molecule has 2 aromatic carbocycles. The van der Waals surface area contributed by atoms with Crippen molar-refractivity contribution in [2.45, 2.75) is 31.6 Å². The fraction of sp³-hybridized carbons (Fsp3) is 0.227. The van der Waals surface area contributed by atoms with Gasteiger partial charge in [-0.2, -0.15) is 52.7 Å². The molecular formula is C22H12F12NP. The van der Waals surface area contributed by atoms with Gasteiger partial charge in [0.15, 0.2) is 0 Å². The first-order chi connectivity index (χ1) is 16.3. The molecule has 0 N–H and O–H groups in total. The molecule has 194 valence electrons. The molecule has 0 aliphatic carbocycles. The maximum absolute atomic E-state index is 13.9. The Morgan fingerprint density at radius 2 is 0.972 bits per heavy atom. The summed E-state index contributed by atoms with van der Waals surface area (Å²) in [6.07, 6.45) is -21.3. The summed E-state index contributed by atoms with van der Waals surface area (Å²) in [4.78, 5) is 3.96. The first kappa shape index (κ1) is 27.8. The van der Waals surface area contributed by atoms with Gasteiger partial charge >= 0.3 is 24.7 Å². The minimum Gasteiger partial charge on any atom is -0.253 e. The van der Waals surface area contributed by atoms with E-state index in [1.54, 1.807) is 0 Å². The summed E-state index contributed by atoms with van der Waals surface area (Å²) in [5.41, 5.74) is -7.37. The monoisotopic (exact) mass is 549 g/mol. The quantitative estimate of drug-likeness (QED) is 0.248. The van der Waals surface area contributed by atoms with E-state index >= 15 is 0 Å². The lowest BCUT2D eigenvalue weighted by molar-refractivity contribution is -0.144. The Morgan fingerprint density at radius 3 is 1.31 bits per heavy atom. The van der Waals surface area contributed by atoms with E-state index < -0.39 is 65.5 Å². The first-order valence-electron chi connectivity index (χ1n) is 9.61. The molecule has 0 saturated carbocycles. The highest BCUT2D eigenvalue weighted by molar-refractivity contribution is 7.79. The Hall–Kier alpha value is -2.82. The molecule has 0 amide bonds. The molecule has 1 aromatic heterocycles. The van der Waals surface area contributed by atoms with E-state index in [9.17, 15) is 52.7 Å². The maximum Gasteiger partial charge on any atom is 0.417 e. The molecule has 0 radical (unpaired) electrons. The predicted octanol–water partition coefficient (Wildman–Crippen LogP) is 7.22. The molecule has 0 aliphatic heterocycles. The van der Waals surface area contributed by atoms with Gasteiger partial charge in [0.2, 0.25) is 0 Å². The summed E-state index contributed by atoms with van der Waals surface area (Å²) in [6, 6.07) is 4.52. The van der Waals surface area contributed by atoms with Gasteiger partial charge in [0.1, 0.15) is 0 Å². The van der Waals surface area contributed by atoms with Crippen molar-refractivity contribution in [1.82, 2.24) is 4.98 Å². The van der Waals surface area contributed by atoms with Crippen LogP contribution < -0.4 is 16.0 Å². The fourth-order valence-electron chi connectivity index (χ4n) is 3.30. The van der Waals surface area contributed by atoms with Gasteiger partial charge in [0, 0.05) is 13.6 Å². The number of nitrogens with zero attached hydrogens (tertiary/aromatic N) is 1. The lowest BCUT2D eigenvalue weighted by atomic mass is 10.1. The number of aryl methyl sites for hydroxylation is 1. The number of pyridine rings is 1. The van der Waals surface area contributed by atoms with Crippen molar-refractivity contribution in [2.75, 3.05) is 0 Å². The number of alkyl halides is 12. The average molecular weight is 549 g/mol. The second-order valence-corrected chi connectivity index (χ2v) is 9.52. The highest BCUT2D eigenvalue weighted by atomic mass is 31.1.